The largest absolute Gasteiger partial charge is 0.453 e. The Morgan fingerprint density at radius 1 is 0.808 bits per heavy atom. The first kappa shape index (κ1) is 16.0. The minimum Gasteiger partial charge on any atom is -0.453 e. The van der Waals surface area contributed by atoms with Crippen LogP contribution in [0.3, 0.4) is 0 Å². The molecule has 1 heterocycles. The van der Waals surface area contributed by atoms with Crippen LogP contribution in [0.5, 0.6) is 11.5 Å². The lowest BCUT2D eigenvalue weighted by Gasteiger charge is -2.34. The fraction of sp³-hybridized carbons (Fsp3) is 0.0500. The maximum absolute atomic E-state index is 13.7. The van der Waals surface area contributed by atoms with Crippen LogP contribution in [0.1, 0.15) is 11.1 Å². The first-order valence-electron chi connectivity index (χ1n) is 7.76. The molecule has 0 unspecified atom stereocenters. The van der Waals surface area contributed by atoms with Gasteiger partial charge in [-0.1, -0.05) is 24.3 Å². The van der Waals surface area contributed by atoms with Crippen LogP contribution in [-0.4, -0.2) is 0 Å². The van der Waals surface area contributed by atoms with E-state index in [2.05, 4.69) is 0 Å². The molecule has 0 N–H and O–H groups in total. The van der Waals surface area contributed by atoms with E-state index >= 15 is 0 Å². The number of anilines is 3. The predicted molar refractivity (Wildman–Crippen MR) is 90.9 cm³/mol. The first-order chi connectivity index (χ1) is 12.5. The molecule has 0 bridgehead atoms. The Morgan fingerprint density at radius 2 is 1.38 bits per heavy atom. The summed E-state index contributed by atoms with van der Waals surface area (Å²) >= 11 is 0. The molecule has 6 heteroatoms. The average Bonchev–Trinajstić information content (AvgIpc) is 2.65. The SMILES string of the molecule is N#Cc1ccc(N2c3ccccc3Oc3ccccc32)c(C(F)(F)F)c1. The average molecular weight is 352 g/mol. The number of nitrogens with zero attached hydrogens (tertiary/aromatic N) is 2. The van der Waals surface area contributed by atoms with Gasteiger partial charge in [-0.15, -0.1) is 0 Å². The lowest BCUT2D eigenvalue weighted by Crippen LogP contribution is -2.20. The highest BCUT2D eigenvalue weighted by Crippen LogP contribution is 2.52. The molecule has 0 radical (unpaired) electrons. The van der Waals surface area contributed by atoms with Crippen LogP contribution in [-0.2, 0) is 6.18 Å². The van der Waals surface area contributed by atoms with Gasteiger partial charge < -0.3 is 9.64 Å². The Labute approximate surface area is 147 Å². The van der Waals surface area contributed by atoms with E-state index in [4.69, 9.17) is 10.00 Å². The van der Waals surface area contributed by atoms with Gasteiger partial charge in [-0.25, -0.2) is 0 Å². The number of hydrogen-bond acceptors (Lipinski definition) is 3. The molecule has 0 aromatic heterocycles. The molecule has 0 saturated carbocycles. The van der Waals surface area contributed by atoms with Crippen molar-refractivity contribution in [1.29, 1.82) is 5.26 Å². The zero-order valence-electron chi connectivity index (χ0n) is 13.3. The van der Waals surface area contributed by atoms with Crippen molar-refractivity contribution in [2.75, 3.05) is 4.90 Å². The van der Waals surface area contributed by atoms with Gasteiger partial charge in [-0.2, -0.15) is 18.4 Å². The summed E-state index contributed by atoms with van der Waals surface area (Å²) in [6.45, 7) is 0. The lowest BCUT2D eigenvalue weighted by molar-refractivity contribution is -0.137. The molecule has 1 aliphatic heterocycles. The third kappa shape index (κ3) is 2.54. The zero-order valence-corrected chi connectivity index (χ0v) is 13.3. The highest BCUT2D eigenvalue weighted by molar-refractivity contribution is 5.87. The maximum Gasteiger partial charge on any atom is 0.418 e. The van der Waals surface area contributed by atoms with E-state index < -0.39 is 11.7 Å². The molecule has 1 aliphatic rings. The van der Waals surface area contributed by atoms with Crippen LogP contribution in [0.15, 0.2) is 66.7 Å². The quantitative estimate of drug-likeness (QED) is 0.412. The number of halogens is 3. The molecule has 0 saturated heterocycles. The van der Waals surface area contributed by atoms with Crippen molar-refractivity contribution >= 4 is 17.1 Å². The molecule has 0 atom stereocenters. The smallest absolute Gasteiger partial charge is 0.418 e. The van der Waals surface area contributed by atoms with E-state index in [1.807, 2.05) is 0 Å². The van der Waals surface area contributed by atoms with Crippen molar-refractivity contribution in [2.45, 2.75) is 6.18 Å². The van der Waals surface area contributed by atoms with Gasteiger partial charge in [0, 0.05) is 0 Å². The fourth-order valence-corrected chi connectivity index (χ4v) is 2.99. The van der Waals surface area contributed by atoms with Gasteiger partial charge in [0.15, 0.2) is 11.5 Å². The van der Waals surface area contributed by atoms with Gasteiger partial charge in [-0.3, -0.25) is 0 Å². The highest BCUT2D eigenvalue weighted by atomic mass is 19.4. The molecular formula is C20H11F3N2O. The van der Waals surface area contributed by atoms with Crippen molar-refractivity contribution < 1.29 is 17.9 Å². The Kier molecular flexibility index (Phi) is 3.58. The third-order valence-corrected chi connectivity index (χ3v) is 4.10. The van der Waals surface area contributed by atoms with E-state index in [1.165, 1.54) is 17.0 Å². The van der Waals surface area contributed by atoms with E-state index in [9.17, 15) is 13.2 Å². The summed E-state index contributed by atoms with van der Waals surface area (Å²) < 4.78 is 46.9. The molecule has 4 rings (SSSR count). The van der Waals surface area contributed by atoms with Gasteiger partial charge in [0.05, 0.1) is 34.3 Å². The van der Waals surface area contributed by atoms with E-state index in [0.29, 0.717) is 22.9 Å². The molecule has 3 nitrogen and oxygen atoms in total. The van der Waals surface area contributed by atoms with Gasteiger partial charge in [0.1, 0.15) is 0 Å². The van der Waals surface area contributed by atoms with Gasteiger partial charge in [0.25, 0.3) is 0 Å². The molecule has 0 amide bonds. The van der Waals surface area contributed by atoms with Crippen molar-refractivity contribution in [1.82, 2.24) is 0 Å². The number of nitriles is 1. The topological polar surface area (TPSA) is 36.3 Å². The lowest BCUT2D eigenvalue weighted by atomic mass is 10.0. The molecule has 128 valence electrons. The molecule has 3 aromatic rings. The summed E-state index contributed by atoms with van der Waals surface area (Å²) in [5, 5.41) is 8.99. The van der Waals surface area contributed by atoms with Crippen molar-refractivity contribution in [2.24, 2.45) is 0 Å². The van der Waals surface area contributed by atoms with Crippen LogP contribution in [0.25, 0.3) is 0 Å². The fourth-order valence-electron chi connectivity index (χ4n) is 2.99. The normalized spacial score (nSPS) is 12.6. The standard InChI is InChI=1S/C20H11F3N2O/c21-20(22,23)14-11-13(12-24)9-10-15(14)25-16-5-1-3-7-18(16)26-19-8-4-2-6-17(19)25/h1-11H. The molecule has 0 aliphatic carbocycles. The van der Waals surface area contributed by atoms with Crippen LogP contribution in [0.2, 0.25) is 0 Å². The summed E-state index contributed by atoms with van der Waals surface area (Å²) in [5.74, 6) is 0.923. The van der Waals surface area contributed by atoms with Crippen molar-refractivity contribution in [3.05, 3.63) is 77.9 Å². The van der Waals surface area contributed by atoms with Crippen LogP contribution < -0.4 is 9.64 Å². The maximum atomic E-state index is 13.7. The predicted octanol–water partition coefficient (Wildman–Crippen LogP) is 6.15. The van der Waals surface area contributed by atoms with Crippen molar-refractivity contribution in [3.63, 3.8) is 0 Å². The number of rotatable bonds is 1. The highest BCUT2D eigenvalue weighted by Gasteiger charge is 2.37. The summed E-state index contributed by atoms with van der Waals surface area (Å²) in [4.78, 5) is 1.51. The van der Waals surface area contributed by atoms with E-state index in [-0.39, 0.29) is 11.3 Å². The second kappa shape index (κ2) is 5.81. The summed E-state index contributed by atoms with van der Waals surface area (Å²) in [5.41, 5.74) is 0.0291. The molecular weight excluding hydrogens is 341 g/mol. The molecule has 3 aromatic carbocycles. The van der Waals surface area contributed by atoms with Crippen LogP contribution in [0, 0.1) is 11.3 Å². The number of ether oxygens (including phenoxy) is 1. The Morgan fingerprint density at radius 3 is 1.92 bits per heavy atom. The minimum absolute atomic E-state index is 0.0455. The zero-order chi connectivity index (χ0) is 18.3. The number of alkyl halides is 3. The monoisotopic (exact) mass is 352 g/mol. The summed E-state index contributed by atoms with van der Waals surface area (Å²) in [7, 11) is 0. The number of para-hydroxylation sites is 4. The summed E-state index contributed by atoms with van der Waals surface area (Å²) in [6, 6.07) is 19.1. The van der Waals surface area contributed by atoms with Crippen LogP contribution >= 0.6 is 0 Å². The molecule has 26 heavy (non-hydrogen) atoms. The van der Waals surface area contributed by atoms with Crippen LogP contribution in [0.4, 0.5) is 30.2 Å². The first-order valence-corrected chi connectivity index (χ1v) is 7.76. The van der Waals surface area contributed by atoms with E-state index in [0.717, 1.165) is 6.07 Å². The molecule has 0 fully saturated rings. The minimum atomic E-state index is -4.61. The van der Waals surface area contributed by atoms with Gasteiger partial charge in [0.2, 0.25) is 0 Å². The van der Waals surface area contributed by atoms with E-state index in [1.54, 1.807) is 54.6 Å². The second-order valence-corrected chi connectivity index (χ2v) is 5.71. The second-order valence-electron chi connectivity index (χ2n) is 5.71. The van der Waals surface area contributed by atoms with Gasteiger partial charge >= 0.3 is 6.18 Å². The summed E-state index contributed by atoms with van der Waals surface area (Å²) in [6.07, 6.45) is -4.61. The Bertz CT molecular complexity index is 992. The Balaban J connectivity index is 2.01. The third-order valence-electron chi connectivity index (χ3n) is 4.10. The van der Waals surface area contributed by atoms with Crippen molar-refractivity contribution in [3.8, 4) is 17.6 Å². The van der Waals surface area contributed by atoms with Gasteiger partial charge in [-0.05, 0) is 42.5 Å². The number of fused-ring (bicyclic) bond motifs is 2. The molecule has 0 spiro atoms. The Hall–Kier alpha value is -3.46. The number of benzene rings is 3. The number of hydrogen-bond donors (Lipinski definition) is 0.